The molecule has 1 N–H and O–H groups in total. The second kappa shape index (κ2) is 7.10. The van der Waals surface area contributed by atoms with E-state index in [9.17, 15) is 9.59 Å². The maximum atomic E-state index is 13.2. The number of hydrogen-bond acceptors (Lipinski definition) is 6. The van der Waals surface area contributed by atoms with Crippen molar-refractivity contribution in [2.45, 2.75) is 6.54 Å². The van der Waals surface area contributed by atoms with Crippen LogP contribution in [0.25, 0.3) is 5.57 Å². The molecular weight excluding hydrogens is 388 g/mol. The SMILES string of the molecule is O=C1C(Nc2ccc3c(c2)OCO3)=C(c2cccs2)C(=O)N1Cc1ccccc1. The Bertz CT molecular complexity index is 1120. The summed E-state index contributed by atoms with van der Waals surface area (Å²) in [5, 5.41) is 5.03. The van der Waals surface area contributed by atoms with Crippen LogP contribution in [0.4, 0.5) is 5.69 Å². The van der Waals surface area contributed by atoms with Crippen molar-refractivity contribution in [3.63, 3.8) is 0 Å². The number of ether oxygens (including phenoxy) is 2. The van der Waals surface area contributed by atoms with Gasteiger partial charge in [-0.25, -0.2) is 0 Å². The van der Waals surface area contributed by atoms with Crippen LogP contribution in [0.3, 0.4) is 0 Å². The molecule has 0 bridgehead atoms. The Kier molecular flexibility index (Phi) is 4.29. The lowest BCUT2D eigenvalue weighted by molar-refractivity contribution is -0.137. The first-order valence-corrected chi connectivity index (χ1v) is 9.93. The van der Waals surface area contributed by atoms with Crippen molar-refractivity contribution in [2.24, 2.45) is 0 Å². The number of anilines is 1. The van der Waals surface area contributed by atoms with Gasteiger partial charge in [0.05, 0.1) is 12.1 Å². The van der Waals surface area contributed by atoms with Crippen molar-refractivity contribution >= 4 is 34.4 Å². The molecule has 0 aliphatic carbocycles. The highest BCUT2D eigenvalue weighted by atomic mass is 32.1. The molecule has 0 fully saturated rings. The molecule has 2 aromatic carbocycles. The predicted octanol–water partition coefficient (Wildman–Crippen LogP) is 3.87. The molecule has 3 heterocycles. The number of carbonyl (C=O) groups is 2. The quantitative estimate of drug-likeness (QED) is 0.654. The van der Waals surface area contributed by atoms with Crippen LogP contribution >= 0.6 is 11.3 Å². The van der Waals surface area contributed by atoms with Gasteiger partial charge >= 0.3 is 0 Å². The van der Waals surface area contributed by atoms with Crippen LogP contribution in [-0.4, -0.2) is 23.5 Å². The van der Waals surface area contributed by atoms with E-state index in [1.165, 1.54) is 16.2 Å². The molecule has 29 heavy (non-hydrogen) atoms. The third-order valence-electron chi connectivity index (χ3n) is 4.76. The van der Waals surface area contributed by atoms with E-state index >= 15 is 0 Å². The van der Waals surface area contributed by atoms with E-state index in [4.69, 9.17) is 9.47 Å². The number of carbonyl (C=O) groups excluding carboxylic acids is 2. The molecule has 144 valence electrons. The summed E-state index contributed by atoms with van der Waals surface area (Å²) in [6.07, 6.45) is 0. The molecule has 0 radical (unpaired) electrons. The number of thiophene rings is 1. The molecule has 0 spiro atoms. The van der Waals surface area contributed by atoms with Crippen LogP contribution in [0.2, 0.25) is 0 Å². The highest BCUT2D eigenvalue weighted by Gasteiger charge is 2.39. The maximum absolute atomic E-state index is 13.2. The average Bonchev–Trinajstić information content (AvgIpc) is 3.47. The van der Waals surface area contributed by atoms with E-state index in [1.807, 2.05) is 47.8 Å². The van der Waals surface area contributed by atoms with Gasteiger partial charge in [0, 0.05) is 16.6 Å². The standard InChI is InChI=1S/C22H16N2O4S/c25-21-19(18-7-4-10-29-18)20(22(26)24(21)12-14-5-2-1-3-6-14)23-15-8-9-16-17(11-15)28-13-27-16/h1-11,23H,12-13H2. The molecule has 1 aromatic heterocycles. The zero-order valence-corrected chi connectivity index (χ0v) is 16.1. The number of rotatable bonds is 5. The molecule has 6 nitrogen and oxygen atoms in total. The van der Waals surface area contributed by atoms with Gasteiger partial charge < -0.3 is 14.8 Å². The molecule has 2 aliphatic rings. The molecule has 2 amide bonds. The van der Waals surface area contributed by atoms with Gasteiger partial charge in [-0.1, -0.05) is 36.4 Å². The van der Waals surface area contributed by atoms with Gasteiger partial charge in [0.2, 0.25) is 6.79 Å². The second-order valence-corrected chi connectivity index (χ2v) is 7.55. The predicted molar refractivity (Wildman–Crippen MR) is 109 cm³/mol. The number of benzene rings is 2. The fraction of sp³-hybridized carbons (Fsp3) is 0.0909. The Morgan fingerprint density at radius 2 is 1.76 bits per heavy atom. The van der Waals surface area contributed by atoms with E-state index in [0.717, 1.165) is 10.4 Å². The van der Waals surface area contributed by atoms with Gasteiger partial charge in [-0.2, -0.15) is 0 Å². The van der Waals surface area contributed by atoms with Gasteiger partial charge in [0.15, 0.2) is 11.5 Å². The van der Waals surface area contributed by atoms with Gasteiger partial charge in [-0.15, -0.1) is 11.3 Å². The van der Waals surface area contributed by atoms with E-state index < -0.39 is 0 Å². The summed E-state index contributed by atoms with van der Waals surface area (Å²) >= 11 is 1.43. The van der Waals surface area contributed by atoms with Crippen LogP contribution in [0.1, 0.15) is 10.4 Å². The van der Waals surface area contributed by atoms with Crippen molar-refractivity contribution in [3.05, 3.63) is 82.2 Å². The highest BCUT2D eigenvalue weighted by molar-refractivity contribution is 7.11. The van der Waals surface area contributed by atoms with E-state index in [0.29, 0.717) is 22.8 Å². The van der Waals surface area contributed by atoms with Gasteiger partial charge in [-0.05, 0) is 29.1 Å². The number of imide groups is 1. The summed E-state index contributed by atoms with van der Waals surface area (Å²) in [6.45, 7) is 0.393. The zero-order chi connectivity index (χ0) is 19.8. The molecule has 0 saturated heterocycles. The third kappa shape index (κ3) is 3.15. The molecule has 2 aliphatic heterocycles. The Balaban J connectivity index is 1.51. The average molecular weight is 404 g/mol. The van der Waals surface area contributed by atoms with Crippen molar-refractivity contribution in [2.75, 3.05) is 12.1 Å². The lowest BCUT2D eigenvalue weighted by Crippen LogP contribution is -2.31. The smallest absolute Gasteiger partial charge is 0.278 e. The zero-order valence-electron chi connectivity index (χ0n) is 15.3. The van der Waals surface area contributed by atoms with Crippen molar-refractivity contribution in [1.29, 1.82) is 0 Å². The molecule has 0 saturated carbocycles. The number of nitrogens with one attached hydrogen (secondary N) is 1. The van der Waals surface area contributed by atoms with Crippen LogP contribution in [0, 0.1) is 0 Å². The lowest BCUT2D eigenvalue weighted by Gasteiger charge is -2.15. The molecule has 0 unspecified atom stereocenters. The monoisotopic (exact) mass is 404 g/mol. The molecule has 5 rings (SSSR count). The maximum Gasteiger partial charge on any atom is 0.278 e. The first kappa shape index (κ1) is 17.5. The second-order valence-electron chi connectivity index (χ2n) is 6.60. The summed E-state index contributed by atoms with van der Waals surface area (Å²) in [4.78, 5) is 28.4. The minimum absolute atomic E-state index is 0.171. The first-order chi connectivity index (χ1) is 14.2. The summed E-state index contributed by atoms with van der Waals surface area (Å²) in [5.41, 5.74) is 2.20. The summed E-state index contributed by atoms with van der Waals surface area (Å²) in [6, 6.07) is 18.5. The summed E-state index contributed by atoms with van der Waals surface area (Å²) < 4.78 is 10.7. The largest absolute Gasteiger partial charge is 0.454 e. The van der Waals surface area contributed by atoms with Crippen LogP contribution < -0.4 is 14.8 Å². The molecule has 0 atom stereocenters. The minimum atomic E-state index is -0.347. The van der Waals surface area contributed by atoms with Gasteiger partial charge in [0.1, 0.15) is 5.70 Å². The topological polar surface area (TPSA) is 67.9 Å². The van der Waals surface area contributed by atoms with E-state index in [1.54, 1.807) is 18.2 Å². The fourth-order valence-corrected chi connectivity index (χ4v) is 4.14. The van der Waals surface area contributed by atoms with Crippen molar-refractivity contribution < 1.29 is 19.1 Å². The molecular formula is C22H16N2O4S. The summed E-state index contributed by atoms with van der Waals surface area (Å²) in [5.74, 6) is 0.609. The molecule has 7 heteroatoms. The Morgan fingerprint density at radius 3 is 2.55 bits per heavy atom. The molecule has 3 aromatic rings. The van der Waals surface area contributed by atoms with Gasteiger partial charge in [-0.3, -0.25) is 14.5 Å². The number of hydrogen-bond donors (Lipinski definition) is 1. The first-order valence-electron chi connectivity index (χ1n) is 9.05. The number of fused-ring (bicyclic) bond motifs is 1. The lowest BCUT2D eigenvalue weighted by atomic mass is 10.1. The Labute approximate surface area is 171 Å². The number of amides is 2. The van der Waals surface area contributed by atoms with Crippen molar-refractivity contribution in [1.82, 2.24) is 4.90 Å². The highest BCUT2D eigenvalue weighted by Crippen LogP contribution is 2.37. The van der Waals surface area contributed by atoms with Gasteiger partial charge in [0.25, 0.3) is 11.8 Å². The third-order valence-corrected chi connectivity index (χ3v) is 5.65. The van der Waals surface area contributed by atoms with E-state index in [-0.39, 0.29) is 30.8 Å². The van der Waals surface area contributed by atoms with Crippen LogP contribution in [-0.2, 0) is 16.1 Å². The fourth-order valence-electron chi connectivity index (χ4n) is 3.37. The normalized spacial score (nSPS) is 15.4. The minimum Gasteiger partial charge on any atom is -0.454 e. The van der Waals surface area contributed by atoms with Crippen LogP contribution in [0.5, 0.6) is 11.5 Å². The van der Waals surface area contributed by atoms with E-state index in [2.05, 4.69) is 5.32 Å². The van der Waals surface area contributed by atoms with Crippen LogP contribution in [0.15, 0.2) is 71.7 Å². The Hall–Kier alpha value is -3.58. The van der Waals surface area contributed by atoms with Crippen molar-refractivity contribution in [3.8, 4) is 11.5 Å². The Morgan fingerprint density at radius 1 is 0.931 bits per heavy atom. The summed E-state index contributed by atoms with van der Waals surface area (Å²) in [7, 11) is 0. The number of nitrogens with zero attached hydrogens (tertiary/aromatic N) is 1.